The van der Waals surface area contributed by atoms with Crippen molar-refractivity contribution in [3.8, 4) is 0 Å². The summed E-state index contributed by atoms with van der Waals surface area (Å²) >= 11 is 0. The van der Waals surface area contributed by atoms with E-state index in [1.54, 1.807) is 13.8 Å². The van der Waals surface area contributed by atoms with E-state index < -0.39 is 12.7 Å². The maximum absolute atomic E-state index is 12.2. The quantitative estimate of drug-likeness (QED) is 0.742. The molecule has 90 valence electrons. The fourth-order valence-electron chi connectivity index (χ4n) is 1.45. The number of rotatable bonds is 6. The van der Waals surface area contributed by atoms with Crippen LogP contribution in [0.4, 0.5) is 13.2 Å². The van der Waals surface area contributed by atoms with Crippen LogP contribution in [0.1, 0.15) is 26.7 Å². The van der Waals surface area contributed by atoms with Crippen molar-refractivity contribution in [2.45, 2.75) is 44.9 Å². The Morgan fingerprint density at radius 2 is 1.93 bits per heavy atom. The van der Waals surface area contributed by atoms with E-state index in [9.17, 15) is 13.2 Å². The van der Waals surface area contributed by atoms with Crippen molar-refractivity contribution in [1.29, 1.82) is 0 Å². The zero-order valence-electron chi connectivity index (χ0n) is 9.27. The van der Waals surface area contributed by atoms with Gasteiger partial charge in [0.1, 0.15) is 0 Å². The zero-order chi connectivity index (χ0) is 11.5. The number of alkyl halides is 3. The first-order valence-corrected chi connectivity index (χ1v) is 5.42. The monoisotopic (exact) mass is 224 g/mol. The summed E-state index contributed by atoms with van der Waals surface area (Å²) in [5, 5.41) is 3.22. The molecule has 0 spiro atoms. The van der Waals surface area contributed by atoms with E-state index in [4.69, 9.17) is 0 Å². The lowest BCUT2D eigenvalue weighted by Crippen LogP contribution is -2.42. The highest BCUT2D eigenvalue weighted by Gasteiger charge is 2.31. The predicted molar refractivity (Wildman–Crippen MR) is 53.8 cm³/mol. The Bertz CT molecular complexity index is 188. The second-order valence-corrected chi connectivity index (χ2v) is 4.41. The minimum Gasteiger partial charge on any atom is -0.313 e. The van der Waals surface area contributed by atoms with Crippen LogP contribution < -0.4 is 5.32 Å². The first kappa shape index (κ1) is 12.8. The van der Waals surface area contributed by atoms with Crippen LogP contribution in [0, 0.1) is 0 Å². The molecule has 1 rings (SSSR count). The van der Waals surface area contributed by atoms with Gasteiger partial charge in [-0.25, -0.2) is 0 Å². The Morgan fingerprint density at radius 1 is 1.33 bits per heavy atom. The van der Waals surface area contributed by atoms with E-state index in [1.165, 1.54) is 17.7 Å². The summed E-state index contributed by atoms with van der Waals surface area (Å²) in [6, 6.07) is 0.498. The van der Waals surface area contributed by atoms with Crippen molar-refractivity contribution < 1.29 is 13.2 Å². The maximum atomic E-state index is 12.2. The number of halogens is 3. The minimum absolute atomic E-state index is 0.0624. The maximum Gasteiger partial charge on any atom is 0.401 e. The van der Waals surface area contributed by atoms with Crippen molar-refractivity contribution in [2.75, 3.05) is 19.6 Å². The van der Waals surface area contributed by atoms with Crippen molar-refractivity contribution >= 4 is 0 Å². The first-order valence-electron chi connectivity index (χ1n) is 5.42. The van der Waals surface area contributed by atoms with Crippen molar-refractivity contribution in [3.05, 3.63) is 0 Å². The van der Waals surface area contributed by atoms with Crippen molar-refractivity contribution in [1.82, 2.24) is 10.2 Å². The molecule has 1 aliphatic rings. The van der Waals surface area contributed by atoms with E-state index in [0.29, 0.717) is 19.1 Å². The second kappa shape index (κ2) is 5.16. The summed E-state index contributed by atoms with van der Waals surface area (Å²) in [7, 11) is 0. The highest BCUT2D eigenvalue weighted by Crippen LogP contribution is 2.19. The summed E-state index contributed by atoms with van der Waals surface area (Å²) < 4.78 is 36.6. The molecule has 0 atom stereocenters. The third-order valence-electron chi connectivity index (χ3n) is 2.52. The van der Waals surface area contributed by atoms with Crippen LogP contribution >= 0.6 is 0 Å². The Hall–Kier alpha value is -0.290. The van der Waals surface area contributed by atoms with Crippen LogP contribution in [0.25, 0.3) is 0 Å². The lowest BCUT2D eigenvalue weighted by Gasteiger charge is -2.27. The highest BCUT2D eigenvalue weighted by molar-refractivity contribution is 4.81. The second-order valence-electron chi connectivity index (χ2n) is 4.41. The minimum atomic E-state index is -4.09. The van der Waals surface area contributed by atoms with Gasteiger partial charge in [-0.05, 0) is 26.7 Å². The van der Waals surface area contributed by atoms with Gasteiger partial charge in [0.25, 0.3) is 0 Å². The lowest BCUT2D eigenvalue weighted by molar-refractivity contribution is -0.149. The summed E-state index contributed by atoms with van der Waals surface area (Å²) in [4.78, 5) is 1.45. The average Bonchev–Trinajstić information content (AvgIpc) is 2.83. The Kier molecular flexibility index (Phi) is 4.40. The van der Waals surface area contributed by atoms with Crippen molar-refractivity contribution in [3.63, 3.8) is 0 Å². The molecule has 1 N–H and O–H groups in total. The normalized spacial score (nSPS) is 17.8. The molecule has 0 amide bonds. The Labute approximate surface area is 88.8 Å². The molecule has 0 radical (unpaired) electrons. The van der Waals surface area contributed by atoms with Gasteiger partial charge in [-0.1, -0.05) is 0 Å². The number of nitrogens with one attached hydrogen (secondary N) is 1. The molecule has 0 unspecified atom stereocenters. The van der Waals surface area contributed by atoms with Gasteiger partial charge in [-0.2, -0.15) is 13.2 Å². The summed E-state index contributed by atoms with van der Waals surface area (Å²) in [6.45, 7) is 3.90. The first-order chi connectivity index (χ1) is 6.88. The van der Waals surface area contributed by atoms with Crippen LogP contribution in [-0.4, -0.2) is 42.8 Å². The van der Waals surface area contributed by atoms with E-state index in [1.807, 2.05) is 0 Å². The zero-order valence-corrected chi connectivity index (χ0v) is 9.27. The molecule has 5 heteroatoms. The molecule has 0 aromatic heterocycles. The predicted octanol–water partition coefficient (Wildman–Crippen LogP) is 2.01. The van der Waals surface area contributed by atoms with Gasteiger partial charge in [0.2, 0.25) is 0 Å². The number of hydrogen-bond acceptors (Lipinski definition) is 2. The van der Waals surface area contributed by atoms with E-state index in [0.717, 1.165) is 0 Å². The van der Waals surface area contributed by atoms with Gasteiger partial charge in [-0.3, -0.25) is 4.90 Å². The fourth-order valence-corrected chi connectivity index (χ4v) is 1.45. The number of hydrogen-bond donors (Lipinski definition) is 1. The third kappa shape index (κ3) is 5.99. The highest BCUT2D eigenvalue weighted by atomic mass is 19.4. The Balaban J connectivity index is 2.22. The van der Waals surface area contributed by atoms with Gasteiger partial charge in [0.05, 0.1) is 6.54 Å². The van der Waals surface area contributed by atoms with Crippen LogP contribution in [0.15, 0.2) is 0 Å². The van der Waals surface area contributed by atoms with E-state index >= 15 is 0 Å². The molecular weight excluding hydrogens is 205 g/mol. The Morgan fingerprint density at radius 3 is 2.33 bits per heavy atom. The molecular formula is C10H19F3N2. The fraction of sp³-hybridized carbons (Fsp3) is 1.00. The van der Waals surface area contributed by atoms with Gasteiger partial charge < -0.3 is 5.32 Å². The van der Waals surface area contributed by atoms with E-state index in [2.05, 4.69) is 5.32 Å². The largest absolute Gasteiger partial charge is 0.401 e. The van der Waals surface area contributed by atoms with Gasteiger partial charge >= 0.3 is 6.18 Å². The molecule has 1 fully saturated rings. The van der Waals surface area contributed by atoms with Gasteiger partial charge in [0.15, 0.2) is 0 Å². The summed E-state index contributed by atoms with van der Waals surface area (Å²) in [5.41, 5.74) is 0. The molecule has 0 aromatic carbocycles. The smallest absolute Gasteiger partial charge is 0.313 e. The van der Waals surface area contributed by atoms with E-state index in [-0.39, 0.29) is 6.04 Å². The summed E-state index contributed by atoms with van der Waals surface area (Å²) in [5.74, 6) is 0. The average molecular weight is 224 g/mol. The SMILES string of the molecule is CC(C)N(CCNC1CC1)CC(F)(F)F. The van der Waals surface area contributed by atoms with Gasteiger partial charge in [0, 0.05) is 25.2 Å². The lowest BCUT2D eigenvalue weighted by atomic mass is 10.3. The molecule has 0 aromatic rings. The molecule has 0 heterocycles. The topological polar surface area (TPSA) is 15.3 Å². The molecule has 15 heavy (non-hydrogen) atoms. The molecule has 0 aliphatic heterocycles. The van der Waals surface area contributed by atoms with Crippen LogP contribution in [0.3, 0.4) is 0 Å². The van der Waals surface area contributed by atoms with Crippen LogP contribution in [-0.2, 0) is 0 Å². The molecule has 1 aliphatic carbocycles. The molecule has 1 saturated carbocycles. The number of nitrogens with zero attached hydrogens (tertiary/aromatic N) is 1. The molecule has 0 bridgehead atoms. The van der Waals surface area contributed by atoms with Crippen LogP contribution in [0.2, 0.25) is 0 Å². The molecule has 0 saturated heterocycles. The third-order valence-corrected chi connectivity index (χ3v) is 2.52. The summed E-state index contributed by atoms with van der Waals surface area (Å²) in [6.07, 6.45) is -1.76. The standard InChI is InChI=1S/C10H19F3N2/c1-8(2)15(7-10(11,12)13)6-5-14-9-3-4-9/h8-9,14H,3-7H2,1-2H3. The van der Waals surface area contributed by atoms with Gasteiger partial charge in [-0.15, -0.1) is 0 Å². The van der Waals surface area contributed by atoms with Crippen molar-refractivity contribution in [2.24, 2.45) is 0 Å². The van der Waals surface area contributed by atoms with Crippen LogP contribution in [0.5, 0.6) is 0 Å². The molecule has 2 nitrogen and oxygen atoms in total.